The third-order valence-corrected chi connectivity index (χ3v) is 4.85. The largest absolute Gasteiger partial charge is 0.481 e. The van der Waals surface area contributed by atoms with E-state index in [1.165, 1.54) is 0 Å². The number of rotatable bonds is 3. The van der Waals surface area contributed by atoms with Crippen LogP contribution in [-0.4, -0.2) is 41.1 Å². The van der Waals surface area contributed by atoms with E-state index in [1.54, 1.807) is 24.3 Å². The third-order valence-electron chi connectivity index (χ3n) is 4.85. The highest BCUT2D eigenvalue weighted by molar-refractivity contribution is 5.79. The van der Waals surface area contributed by atoms with Crippen LogP contribution in [0.25, 0.3) is 0 Å². The minimum atomic E-state index is -3.06. The molecule has 2 atom stereocenters. The number of benzene rings is 1. The van der Waals surface area contributed by atoms with Crippen molar-refractivity contribution in [2.24, 2.45) is 11.3 Å². The average Bonchev–Trinajstić information content (AvgIpc) is 3.04. The van der Waals surface area contributed by atoms with Crippen LogP contribution in [0.3, 0.4) is 0 Å². The van der Waals surface area contributed by atoms with Crippen molar-refractivity contribution in [3.05, 3.63) is 35.9 Å². The number of carbonyl (C=O) groups excluding carboxylic acids is 1. The minimum Gasteiger partial charge on any atom is -0.481 e. The van der Waals surface area contributed by atoms with Gasteiger partial charge in [0.2, 0.25) is 0 Å². The van der Waals surface area contributed by atoms with Crippen LogP contribution >= 0.6 is 0 Å². The Bertz CT molecular complexity index is 622. The summed E-state index contributed by atoms with van der Waals surface area (Å²) >= 11 is 0. The van der Waals surface area contributed by atoms with E-state index >= 15 is 0 Å². The number of hydrogen-bond donors (Lipinski definition) is 1. The zero-order valence-corrected chi connectivity index (χ0v) is 12.4. The SMILES string of the molecule is O=C(OCc1ccccc1)N1C[C@H]2C(F)(F)CC[C@@]2(C(=O)O)C1. The first-order chi connectivity index (χ1) is 10.8. The number of nitrogens with zero attached hydrogens (tertiary/aromatic N) is 1. The van der Waals surface area contributed by atoms with E-state index in [0.717, 1.165) is 10.5 Å². The monoisotopic (exact) mass is 325 g/mol. The number of alkyl halides is 2. The highest BCUT2D eigenvalue weighted by Crippen LogP contribution is 2.56. The summed E-state index contributed by atoms with van der Waals surface area (Å²) in [6.07, 6.45) is -1.32. The number of hydrogen-bond acceptors (Lipinski definition) is 3. The predicted molar refractivity (Wildman–Crippen MR) is 75.9 cm³/mol. The Hall–Kier alpha value is -2.18. The van der Waals surface area contributed by atoms with Gasteiger partial charge < -0.3 is 14.7 Å². The fraction of sp³-hybridized carbons (Fsp3) is 0.500. The molecule has 7 heteroatoms. The fourth-order valence-corrected chi connectivity index (χ4v) is 3.54. The number of amides is 1. The zero-order chi connectivity index (χ0) is 16.7. The molecule has 23 heavy (non-hydrogen) atoms. The molecule has 0 spiro atoms. The minimum absolute atomic E-state index is 0.0251. The molecule has 1 heterocycles. The first-order valence-corrected chi connectivity index (χ1v) is 7.42. The van der Waals surface area contributed by atoms with E-state index in [1.807, 2.05) is 6.07 Å². The molecule has 1 aromatic carbocycles. The van der Waals surface area contributed by atoms with Gasteiger partial charge in [-0.05, 0) is 12.0 Å². The normalized spacial score (nSPS) is 28.4. The molecule has 5 nitrogen and oxygen atoms in total. The van der Waals surface area contributed by atoms with Crippen LogP contribution in [0.4, 0.5) is 13.6 Å². The Morgan fingerprint density at radius 2 is 1.96 bits per heavy atom. The van der Waals surface area contributed by atoms with Crippen molar-refractivity contribution in [3.8, 4) is 0 Å². The van der Waals surface area contributed by atoms with Gasteiger partial charge in [-0.2, -0.15) is 0 Å². The van der Waals surface area contributed by atoms with Crippen LogP contribution < -0.4 is 0 Å². The Labute approximate surface area is 131 Å². The Morgan fingerprint density at radius 3 is 2.57 bits per heavy atom. The maximum Gasteiger partial charge on any atom is 0.410 e. The van der Waals surface area contributed by atoms with E-state index in [9.17, 15) is 23.5 Å². The fourth-order valence-electron chi connectivity index (χ4n) is 3.54. The summed E-state index contributed by atoms with van der Waals surface area (Å²) in [6, 6.07) is 8.97. The van der Waals surface area contributed by atoms with Crippen molar-refractivity contribution >= 4 is 12.1 Å². The number of carboxylic acid groups (broad SMARTS) is 1. The smallest absolute Gasteiger partial charge is 0.410 e. The number of halogens is 2. The summed E-state index contributed by atoms with van der Waals surface area (Å²) in [5, 5.41) is 9.40. The zero-order valence-electron chi connectivity index (χ0n) is 12.4. The van der Waals surface area contributed by atoms with Crippen LogP contribution in [0, 0.1) is 11.3 Å². The van der Waals surface area contributed by atoms with Crippen molar-refractivity contribution in [2.45, 2.75) is 25.4 Å². The molecule has 1 amide bonds. The summed E-state index contributed by atoms with van der Waals surface area (Å²) in [6.45, 7) is -0.486. The van der Waals surface area contributed by atoms with Crippen LogP contribution in [0.15, 0.2) is 30.3 Å². The highest BCUT2D eigenvalue weighted by atomic mass is 19.3. The number of fused-ring (bicyclic) bond motifs is 1. The van der Waals surface area contributed by atoms with Gasteiger partial charge in [-0.3, -0.25) is 4.79 Å². The second kappa shape index (κ2) is 5.47. The van der Waals surface area contributed by atoms with E-state index in [0.29, 0.717) is 0 Å². The van der Waals surface area contributed by atoms with Gasteiger partial charge in [-0.25, -0.2) is 13.6 Å². The van der Waals surface area contributed by atoms with E-state index in [-0.39, 0.29) is 26.1 Å². The molecular formula is C16H17F2NO4. The number of carbonyl (C=O) groups is 2. The molecule has 1 N–H and O–H groups in total. The molecule has 1 saturated carbocycles. The quantitative estimate of drug-likeness (QED) is 0.928. The lowest BCUT2D eigenvalue weighted by Crippen LogP contribution is -2.39. The lowest BCUT2D eigenvalue weighted by Gasteiger charge is -2.24. The topological polar surface area (TPSA) is 66.8 Å². The molecule has 0 radical (unpaired) electrons. The first kappa shape index (κ1) is 15.7. The van der Waals surface area contributed by atoms with Gasteiger partial charge >= 0.3 is 12.1 Å². The van der Waals surface area contributed by atoms with E-state index in [4.69, 9.17) is 4.74 Å². The molecule has 0 aromatic heterocycles. The maximum absolute atomic E-state index is 14.0. The van der Waals surface area contributed by atoms with Gasteiger partial charge in [0.05, 0.1) is 11.3 Å². The second-order valence-corrected chi connectivity index (χ2v) is 6.20. The molecule has 0 bridgehead atoms. The molecule has 1 aromatic rings. The summed E-state index contributed by atoms with van der Waals surface area (Å²) < 4.78 is 33.0. The van der Waals surface area contributed by atoms with Crippen molar-refractivity contribution in [1.82, 2.24) is 4.90 Å². The highest BCUT2D eigenvalue weighted by Gasteiger charge is 2.67. The van der Waals surface area contributed by atoms with Crippen molar-refractivity contribution in [3.63, 3.8) is 0 Å². The van der Waals surface area contributed by atoms with Gasteiger partial charge in [0.1, 0.15) is 6.61 Å². The third kappa shape index (κ3) is 2.64. The van der Waals surface area contributed by atoms with Crippen LogP contribution in [0.5, 0.6) is 0 Å². The molecule has 124 valence electrons. The summed E-state index contributed by atoms with van der Waals surface area (Å²) in [7, 11) is 0. The van der Waals surface area contributed by atoms with E-state index < -0.39 is 35.7 Å². The van der Waals surface area contributed by atoms with Crippen LogP contribution in [-0.2, 0) is 16.1 Å². The molecular weight excluding hydrogens is 308 g/mol. The Kier molecular flexibility index (Phi) is 3.74. The predicted octanol–water partition coefficient (Wildman–Crippen LogP) is 2.76. The second-order valence-electron chi connectivity index (χ2n) is 6.20. The molecule has 2 aliphatic rings. The van der Waals surface area contributed by atoms with Gasteiger partial charge in [-0.15, -0.1) is 0 Å². The molecule has 1 aliphatic carbocycles. The van der Waals surface area contributed by atoms with E-state index in [2.05, 4.69) is 0 Å². The Morgan fingerprint density at radius 1 is 1.26 bits per heavy atom. The summed E-state index contributed by atoms with van der Waals surface area (Å²) in [5.41, 5.74) is -0.784. The molecule has 1 saturated heterocycles. The molecule has 2 fully saturated rings. The van der Waals surface area contributed by atoms with Gasteiger partial charge in [-0.1, -0.05) is 30.3 Å². The number of likely N-dealkylation sites (tertiary alicyclic amines) is 1. The Balaban J connectivity index is 1.68. The van der Waals surface area contributed by atoms with Crippen LogP contribution in [0.1, 0.15) is 18.4 Å². The number of aliphatic carboxylic acids is 1. The molecule has 3 rings (SSSR count). The summed E-state index contributed by atoms with van der Waals surface area (Å²) in [5.74, 6) is -5.68. The lowest BCUT2D eigenvalue weighted by molar-refractivity contribution is -0.152. The van der Waals surface area contributed by atoms with Gasteiger partial charge in [0, 0.05) is 19.5 Å². The maximum atomic E-state index is 14.0. The van der Waals surface area contributed by atoms with Crippen molar-refractivity contribution < 1.29 is 28.2 Å². The van der Waals surface area contributed by atoms with Gasteiger partial charge in [0.25, 0.3) is 5.92 Å². The van der Waals surface area contributed by atoms with Crippen molar-refractivity contribution in [2.75, 3.05) is 13.1 Å². The molecule has 1 aliphatic heterocycles. The van der Waals surface area contributed by atoms with Crippen LogP contribution in [0.2, 0.25) is 0 Å². The first-order valence-electron chi connectivity index (χ1n) is 7.42. The number of ether oxygens (including phenoxy) is 1. The van der Waals surface area contributed by atoms with Gasteiger partial charge in [0.15, 0.2) is 0 Å². The molecule has 0 unspecified atom stereocenters. The standard InChI is InChI=1S/C16H17F2NO4/c17-16(18)7-6-15(13(20)21)10-19(8-12(15)16)14(22)23-9-11-4-2-1-3-5-11/h1-5,12H,6-10H2,(H,20,21)/t12-,15-/m1/s1. The summed E-state index contributed by atoms with van der Waals surface area (Å²) in [4.78, 5) is 24.7. The average molecular weight is 325 g/mol. The number of carboxylic acids is 1. The van der Waals surface area contributed by atoms with Crippen molar-refractivity contribution in [1.29, 1.82) is 0 Å². The lowest BCUT2D eigenvalue weighted by atomic mass is 9.80.